The molecule has 0 aromatic heterocycles. The Hall–Kier alpha value is 2.76. The molecular weight excluding hydrogens is 398 g/mol. The van der Waals surface area contributed by atoms with Gasteiger partial charge in [0.1, 0.15) is 0 Å². The van der Waals surface area contributed by atoms with E-state index in [2.05, 4.69) is 0 Å². The maximum atomic E-state index is 10.3. The van der Waals surface area contributed by atoms with Crippen molar-refractivity contribution in [1.29, 1.82) is 0 Å². The summed E-state index contributed by atoms with van der Waals surface area (Å²) in [4.78, 5) is 0. The molecule has 0 radical (unpaired) electrons. The van der Waals surface area contributed by atoms with E-state index in [1.54, 1.807) is 0 Å². The molecule has 0 saturated heterocycles. The van der Waals surface area contributed by atoms with Gasteiger partial charge in [-0.1, -0.05) is 43.7 Å². The molecule has 0 bridgehead atoms. The molecule has 0 fully saturated rings. The fourth-order valence-electron chi connectivity index (χ4n) is 0.959. The minimum Gasteiger partial charge on any atom is -0.772 e. The number of hydrogen-bond donors (Lipinski definition) is 4. The maximum absolute atomic E-state index is 10.3. The van der Waals surface area contributed by atoms with Crippen molar-refractivity contribution < 1.29 is 97.1 Å². The van der Waals surface area contributed by atoms with Gasteiger partial charge in [0.05, 0.1) is 24.4 Å². The Morgan fingerprint density at radius 2 is 1.00 bits per heavy atom. The van der Waals surface area contributed by atoms with Crippen LogP contribution in [-0.2, 0) is 22.2 Å². The molecule has 0 aromatic rings. The van der Waals surface area contributed by atoms with Gasteiger partial charge in [0.25, 0.3) is 0 Å². The van der Waals surface area contributed by atoms with E-state index in [0.29, 0.717) is 0 Å². The maximum Gasteiger partial charge on any atom is 1.00 e. The third kappa shape index (κ3) is 16.2. The van der Waals surface area contributed by atoms with Gasteiger partial charge >= 0.3 is 59.1 Å². The molecule has 0 aromatic carbocycles. The van der Waals surface area contributed by atoms with Crippen molar-refractivity contribution in [3.8, 4) is 0 Å². The van der Waals surface area contributed by atoms with Crippen molar-refractivity contribution in [3.63, 3.8) is 0 Å². The SMILES string of the molecule is O=S([O-])C[C@@H](O)[C@H](O)CSSC[C@@H](O)[C@H](O)CS(=O)[O-].[Na+].[Na+]. The van der Waals surface area contributed by atoms with E-state index in [-0.39, 0.29) is 70.6 Å². The summed E-state index contributed by atoms with van der Waals surface area (Å²) in [6, 6.07) is 0. The summed E-state index contributed by atoms with van der Waals surface area (Å²) < 4.78 is 41.2. The van der Waals surface area contributed by atoms with Crippen LogP contribution in [-0.4, -0.2) is 85.4 Å². The smallest absolute Gasteiger partial charge is 0.772 e. The Bertz CT molecular complexity index is 297. The van der Waals surface area contributed by atoms with E-state index in [9.17, 15) is 37.9 Å². The van der Waals surface area contributed by atoms with Gasteiger partial charge < -0.3 is 29.5 Å². The first-order valence-corrected chi connectivity index (χ1v) is 10.3. The van der Waals surface area contributed by atoms with E-state index in [1.165, 1.54) is 0 Å². The standard InChI is InChI=1S/C8H18O8S4.2Na/c9-5(7(11)3-19(13)14)1-17-18-2-6(10)8(12)4-20(15)16;;/h5-12H,1-4H2,(H,13,14)(H,15,16);;/q;2*+1/p-2/t5-,6-,7-,8-;;/m1../s1. The molecule has 0 amide bonds. The summed E-state index contributed by atoms with van der Waals surface area (Å²) in [6.45, 7) is 0. The number of rotatable bonds is 11. The molecule has 14 heteroatoms. The molecule has 4 N–H and O–H groups in total. The minimum atomic E-state index is -2.45. The monoisotopic (exact) mass is 414 g/mol. The summed E-state index contributed by atoms with van der Waals surface area (Å²) in [5, 5.41) is 37.3. The summed E-state index contributed by atoms with van der Waals surface area (Å²) in [7, 11) is 2.12. The predicted octanol–water partition coefficient (Wildman–Crippen LogP) is -8.42. The Labute approximate surface area is 186 Å². The summed E-state index contributed by atoms with van der Waals surface area (Å²) in [5.41, 5.74) is 0. The van der Waals surface area contributed by atoms with Crippen molar-refractivity contribution in [3.05, 3.63) is 0 Å². The molecule has 0 aliphatic heterocycles. The Morgan fingerprint density at radius 1 is 0.727 bits per heavy atom. The van der Waals surface area contributed by atoms with Crippen LogP contribution in [0, 0.1) is 0 Å². The van der Waals surface area contributed by atoms with Crippen LogP contribution >= 0.6 is 21.6 Å². The second kappa shape index (κ2) is 17.2. The molecule has 0 aliphatic rings. The molecular formula is C8H16Na2O8S4. The van der Waals surface area contributed by atoms with Crippen LogP contribution in [0.15, 0.2) is 0 Å². The first-order chi connectivity index (χ1) is 9.23. The first-order valence-electron chi connectivity index (χ1n) is 5.32. The zero-order chi connectivity index (χ0) is 15.7. The molecule has 0 aliphatic carbocycles. The van der Waals surface area contributed by atoms with Crippen LogP contribution in [0.1, 0.15) is 0 Å². The van der Waals surface area contributed by atoms with Gasteiger partial charge in [-0.25, -0.2) is 0 Å². The molecule has 2 unspecified atom stereocenters. The predicted molar refractivity (Wildman–Crippen MR) is 76.5 cm³/mol. The van der Waals surface area contributed by atoms with Crippen molar-refractivity contribution in [1.82, 2.24) is 0 Å². The van der Waals surface area contributed by atoms with Gasteiger partial charge in [-0.2, -0.15) is 0 Å². The van der Waals surface area contributed by atoms with Crippen LogP contribution in [0.5, 0.6) is 0 Å². The minimum absolute atomic E-state index is 0. The van der Waals surface area contributed by atoms with Crippen molar-refractivity contribution in [2.24, 2.45) is 0 Å². The van der Waals surface area contributed by atoms with Crippen molar-refractivity contribution in [2.75, 3.05) is 23.0 Å². The van der Waals surface area contributed by atoms with Crippen molar-refractivity contribution >= 4 is 43.7 Å². The van der Waals surface area contributed by atoms with Crippen molar-refractivity contribution in [2.45, 2.75) is 24.4 Å². The molecule has 6 atom stereocenters. The van der Waals surface area contributed by atoms with E-state index in [4.69, 9.17) is 0 Å². The summed E-state index contributed by atoms with van der Waals surface area (Å²) in [5.74, 6) is -1.08. The average Bonchev–Trinajstić information content (AvgIpc) is 2.32. The van der Waals surface area contributed by atoms with Crippen LogP contribution in [0.3, 0.4) is 0 Å². The van der Waals surface area contributed by atoms with Gasteiger partial charge in [-0.15, -0.1) is 0 Å². The van der Waals surface area contributed by atoms with Crippen LogP contribution in [0.2, 0.25) is 0 Å². The largest absolute Gasteiger partial charge is 1.00 e. The quantitative estimate of drug-likeness (QED) is 0.111. The zero-order valence-electron chi connectivity index (χ0n) is 12.2. The van der Waals surface area contributed by atoms with Gasteiger partial charge in [-0.05, 0) is 0 Å². The normalized spacial score (nSPS) is 19.0. The fraction of sp³-hybridized carbons (Fsp3) is 1.00. The zero-order valence-corrected chi connectivity index (χ0v) is 19.5. The average molecular weight is 414 g/mol. The molecule has 0 saturated carbocycles. The summed E-state index contributed by atoms with van der Waals surface area (Å²) in [6.07, 6.45) is -5.25. The molecule has 0 spiro atoms. The van der Waals surface area contributed by atoms with Crippen LogP contribution in [0.4, 0.5) is 0 Å². The molecule has 0 rings (SSSR count). The van der Waals surface area contributed by atoms with E-state index in [0.717, 1.165) is 21.6 Å². The van der Waals surface area contributed by atoms with E-state index < -0.39 is 58.1 Å². The molecule has 22 heavy (non-hydrogen) atoms. The van der Waals surface area contributed by atoms with Crippen LogP contribution in [0.25, 0.3) is 0 Å². The Balaban J connectivity index is -0.00000180. The van der Waals surface area contributed by atoms with E-state index in [1.807, 2.05) is 0 Å². The molecule has 122 valence electrons. The third-order valence-electron chi connectivity index (χ3n) is 2.06. The number of aliphatic hydroxyl groups excluding tert-OH is 4. The third-order valence-corrected chi connectivity index (χ3v) is 5.73. The number of hydrogen-bond acceptors (Lipinski definition) is 10. The van der Waals surface area contributed by atoms with Gasteiger partial charge in [-0.3, -0.25) is 8.42 Å². The molecule has 0 heterocycles. The van der Waals surface area contributed by atoms with Gasteiger partial charge in [0.2, 0.25) is 0 Å². The Kier molecular flexibility index (Phi) is 23.1. The second-order valence-electron chi connectivity index (χ2n) is 3.78. The molecule has 8 nitrogen and oxygen atoms in total. The fourth-order valence-corrected chi connectivity index (χ4v) is 4.29. The van der Waals surface area contributed by atoms with Gasteiger partial charge in [0.15, 0.2) is 0 Å². The summed E-state index contributed by atoms with van der Waals surface area (Å²) >= 11 is -4.90. The number of aliphatic hydroxyl groups is 4. The second-order valence-corrected chi connectivity index (χ2v) is 8.21. The first kappa shape index (κ1) is 29.5. The van der Waals surface area contributed by atoms with E-state index >= 15 is 0 Å². The van der Waals surface area contributed by atoms with Crippen LogP contribution < -0.4 is 59.1 Å². The van der Waals surface area contributed by atoms with Gasteiger partial charge in [0, 0.05) is 23.0 Å². The topological polar surface area (TPSA) is 161 Å². The Morgan fingerprint density at radius 3 is 1.23 bits per heavy atom.